The average Bonchev–Trinajstić information content (AvgIpc) is 2.53. The first-order valence-corrected chi connectivity index (χ1v) is 7.65. The molecule has 1 aromatic carbocycles. The molecule has 1 aliphatic rings. The molecule has 3 amide bonds. The van der Waals surface area contributed by atoms with Gasteiger partial charge in [-0.15, -0.1) is 0 Å². The molecule has 0 spiro atoms. The Morgan fingerprint density at radius 2 is 2.18 bits per heavy atom. The van der Waals surface area contributed by atoms with Gasteiger partial charge in [0.25, 0.3) is 0 Å². The Labute approximate surface area is 134 Å². The van der Waals surface area contributed by atoms with Crippen LogP contribution in [0.3, 0.4) is 0 Å². The van der Waals surface area contributed by atoms with Crippen molar-refractivity contribution in [2.75, 3.05) is 26.2 Å². The van der Waals surface area contributed by atoms with Crippen LogP contribution in [-0.4, -0.2) is 43.1 Å². The predicted molar refractivity (Wildman–Crippen MR) is 83.8 cm³/mol. The number of hydrogen-bond acceptors (Lipinski definition) is 3. The third-order valence-corrected chi connectivity index (χ3v) is 3.90. The fourth-order valence-electron chi connectivity index (χ4n) is 2.39. The Balaban J connectivity index is 1.71. The Morgan fingerprint density at radius 1 is 1.41 bits per heavy atom. The van der Waals surface area contributed by atoms with E-state index in [2.05, 4.69) is 5.32 Å². The van der Waals surface area contributed by atoms with E-state index in [-0.39, 0.29) is 17.9 Å². The number of urea groups is 1. The second kappa shape index (κ2) is 7.89. The Morgan fingerprint density at radius 3 is 2.91 bits per heavy atom. The average molecular weight is 326 g/mol. The highest BCUT2D eigenvalue weighted by Crippen LogP contribution is 2.22. The van der Waals surface area contributed by atoms with E-state index in [4.69, 9.17) is 22.1 Å². The number of carbonyl (C=O) groups excluding carboxylic acids is 2. The summed E-state index contributed by atoms with van der Waals surface area (Å²) in [5.74, 6) is -0.0105. The maximum atomic E-state index is 12.0. The number of likely N-dealkylation sites (tertiary alicyclic amines) is 1. The van der Waals surface area contributed by atoms with E-state index in [9.17, 15) is 9.59 Å². The molecule has 0 bridgehead atoms. The van der Waals surface area contributed by atoms with Crippen molar-refractivity contribution in [3.05, 3.63) is 29.3 Å². The van der Waals surface area contributed by atoms with Gasteiger partial charge in [-0.05, 0) is 25.0 Å². The van der Waals surface area contributed by atoms with E-state index in [1.807, 2.05) is 12.1 Å². The van der Waals surface area contributed by atoms with Crippen LogP contribution < -0.4 is 15.8 Å². The van der Waals surface area contributed by atoms with E-state index in [0.717, 1.165) is 12.8 Å². The number of halogens is 1. The number of nitrogens with two attached hydrogens (primary N) is 1. The number of para-hydroxylation sites is 1. The van der Waals surface area contributed by atoms with Crippen LogP contribution in [-0.2, 0) is 4.79 Å². The molecule has 2 rings (SSSR count). The molecule has 3 N–H and O–H groups in total. The minimum Gasteiger partial charge on any atom is -0.490 e. The Bertz CT molecular complexity index is 539. The SMILES string of the molecule is NC(=O)C1CCCN(C(=O)NCCOc2ccccc2Cl)C1. The van der Waals surface area contributed by atoms with Gasteiger partial charge >= 0.3 is 6.03 Å². The maximum absolute atomic E-state index is 12.0. The fraction of sp³-hybridized carbons (Fsp3) is 0.467. The number of amides is 3. The molecule has 1 saturated heterocycles. The zero-order chi connectivity index (χ0) is 15.9. The topological polar surface area (TPSA) is 84.7 Å². The molecule has 0 radical (unpaired) electrons. The normalized spacial score (nSPS) is 17.9. The van der Waals surface area contributed by atoms with Crippen molar-refractivity contribution >= 4 is 23.5 Å². The van der Waals surface area contributed by atoms with Gasteiger partial charge in [0.05, 0.1) is 17.5 Å². The van der Waals surface area contributed by atoms with Gasteiger partial charge in [0, 0.05) is 13.1 Å². The van der Waals surface area contributed by atoms with Gasteiger partial charge in [-0.1, -0.05) is 23.7 Å². The third kappa shape index (κ3) is 4.53. The number of rotatable bonds is 5. The molecule has 120 valence electrons. The van der Waals surface area contributed by atoms with Crippen molar-refractivity contribution < 1.29 is 14.3 Å². The molecule has 1 fully saturated rings. The van der Waals surface area contributed by atoms with Gasteiger partial charge in [-0.3, -0.25) is 4.79 Å². The van der Waals surface area contributed by atoms with Crippen LogP contribution in [0.1, 0.15) is 12.8 Å². The van der Waals surface area contributed by atoms with Gasteiger partial charge in [0.15, 0.2) is 0 Å². The molecule has 0 saturated carbocycles. The molecular formula is C15H20ClN3O3. The van der Waals surface area contributed by atoms with Crippen molar-refractivity contribution in [3.8, 4) is 5.75 Å². The molecule has 6 nitrogen and oxygen atoms in total. The summed E-state index contributed by atoms with van der Waals surface area (Å²) in [6.07, 6.45) is 1.53. The summed E-state index contributed by atoms with van der Waals surface area (Å²) in [6.45, 7) is 1.71. The molecule has 0 aliphatic carbocycles. The van der Waals surface area contributed by atoms with Crippen molar-refractivity contribution in [1.29, 1.82) is 0 Å². The lowest BCUT2D eigenvalue weighted by Crippen LogP contribution is -2.48. The lowest BCUT2D eigenvalue weighted by Gasteiger charge is -2.31. The molecule has 1 heterocycles. The second-order valence-corrected chi connectivity index (χ2v) is 5.61. The van der Waals surface area contributed by atoms with Crippen molar-refractivity contribution in [2.24, 2.45) is 11.7 Å². The van der Waals surface area contributed by atoms with Crippen molar-refractivity contribution in [1.82, 2.24) is 10.2 Å². The van der Waals surface area contributed by atoms with Crippen LogP contribution in [0.25, 0.3) is 0 Å². The summed E-state index contributed by atoms with van der Waals surface area (Å²) in [6, 6.07) is 6.97. The highest BCUT2D eigenvalue weighted by molar-refractivity contribution is 6.32. The number of ether oxygens (including phenoxy) is 1. The fourth-order valence-corrected chi connectivity index (χ4v) is 2.58. The minimum atomic E-state index is -0.348. The maximum Gasteiger partial charge on any atom is 0.317 e. The van der Waals surface area contributed by atoms with E-state index in [1.165, 1.54) is 0 Å². The summed E-state index contributed by atoms with van der Waals surface area (Å²) in [7, 11) is 0. The van der Waals surface area contributed by atoms with Gasteiger partial charge in [-0.25, -0.2) is 4.79 Å². The Kier molecular flexibility index (Phi) is 5.89. The summed E-state index contributed by atoms with van der Waals surface area (Å²) >= 11 is 5.97. The number of nitrogens with one attached hydrogen (secondary N) is 1. The van der Waals surface area contributed by atoms with Crippen LogP contribution in [0.2, 0.25) is 5.02 Å². The van der Waals surface area contributed by atoms with Crippen molar-refractivity contribution in [3.63, 3.8) is 0 Å². The van der Waals surface area contributed by atoms with Gasteiger partial charge in [0.2, 0.25) is 5.91 Å². The first-order chi connectivity index (χ1) is 10.6. The van der Waals surface area contributed by atoms with Crippen LogP contribution in [0, 0.1) is 5.92 Å². The van der Waals surface area contributed by atoms with E-state index >= 15 is 0 Å². The molecule has 7 heteroatoms. The van der Waals surface area contributed by atoms with E-state index in [0.29, 0.717) is 37.0 Å². The summed E-state index contributed by atoms with van der Waals surface area (Å²) in [5.41, 5.74) is 5.30. The van der Waals surface area contributed by atoms with Crippen LogP contribution in [0.15, 0.2) is 24.3 Å². The first-order valence-electron chi connectivity index (χ1n) is 7.27. The third-order valence-electron chi connectivity index (χ3n) is 3.58. The smallest absolute Gasteiger partial charge is 0.317 e. The molecule has 1 aromatic rings. The molecule has 0 aromatic heterocycles. The first kappa shape index (κ1) is 16.4. The quantitative estimate of drug-likeness (QED) is 0.807. The standard InChI is InChI=1S/C15H20ClN3O3/c16-12-5-1-2-6-13(12)22-9-7-18-15(21)19-8-3-4-11(10-19)14(17)20/h1-2,5-6,11H,3-4,7-10H2,(H2,17,20)(H,18,21). The van der Waals surface area contributed by atoms with Gasteiger partial charge < -0.3 is 20.7 Å². The number of benzene rings is 1. The lowest BCUT2D eigenvalue weighted by molar-refractivity contribution is -0.123. The molecule has 22 heavy (non-hydrogen) atoms. The summed E-state index contributed by atoms with van der Waals surface area (Å²) in [4.78, 5) is 24.8. The summed E-state index contributed by atoms with van der Waals surface area (Å²) in [5, 5.41) is 3.30. The van der Waals surface area contributed by atoms with Crippen LogP contribution in [0.4, 0.5) is 4.79 Å². The molecule has 1 aliphatic heterocycles. The monoisotopic (exact) mass is 325 g/mol. The van der Waals surface area contributed by atoms with E-state index in [1.54, 1.807) is 17.0 Å². The zero-order valence-electron chi connectivity index (χ0n) is 12.3. The minimum absolute atomic E-state index is 0.200. The summed E-state index contributed by atoms with van der Waals surface area (Å²) < 4.78 is 5.49. The molecule has 1 atom stereocenters. The van der Waals surface area contributed by atoms with Crippen LogP contribution in [0.5, 0.6) is 5.75 Å². The van der Waals surface area contributed by atoms with Crippen molar-refractivity contribution in [2.45, 2.75) is 12.8 Å². The Hall–Kier alpha value is -1.95. The van der Waals surface area contributed by atoms with E-state index < -0.39 is 0 Å². The van der Waals surface area contributed by atoms with Crippen LogP contribution >= 0.6 is 11.6 Å². The number of hydrogen-bond donors (Lipinski definition) is 2. The number of piperidine rings is 1. The lowest BCUT2D eigenvalue weighted by atomic mass is 9.98. The largest absolute Gasteiger partial charge is 0.490 e. The van der Waals surface area contributed by atoms with Gasteiger partial charge in [0.1, 0.15) is 12.4 Å². The molecular weight excluding hydrogens is 306 g/mol. The number of primary amides is 1. The predicted octanol–water partition coefficient (Wildman–Crippen LogP) is 1.63. The highest BCUT2D eigenvalue weighted by Gasteiger charge is 2.26. The number of carbonyl (C=O) groups is 2. The highest BCUT2D eigenvalue weighted by atomic mass is 35.5. The zero-order valence-corrected chi connectivity index (χ0v) is 13.0. The molecule has 1 unspecified atom stereocenters. The number of nitrogens with zero attached hydrogens (tertiary/aromatic N) is 1. The van der Waals surface area contributed by atoms with Gasteiger partial charge in [-0.2, -0.15) is 0 Å². The second-order valence-electron chi connectivity index (χ2n) is 5.20.